The minimum atomic E-state index is 0.198. The highest BCUT2D eigenvalue weighted by Crippen LogP contribution is 2.26. The third kappa shape index (κ3) is 3.24. The van der Waals surface area contributed by atoms with Gasteiger partial charge in [-0.3, -0.25) is 0 Å². The fourth-order valence-electron chi connectivity index (χ4n) is 2.79. The Morgan fingerprint density at radius 3 is 2.67 bits per heavy atom. The molecule has 1 unspecified atom stereocenters. The van der Waals surface area contributed by atoms with Gasteiger partial charge in [0.1, 0.15) is 5.75 Å². The summed E-state index contributed by atoms with van der Waals surface area (Å²) in [5.41, 5.74) is 7.10. The largest absolute Gasteiger partial charge is 0.496 e. The normalized spacial score (nSPS) is 18.6. The van der Waals surface area contributed by atoms with Crippen LogP contribution in [0, 0.1) is 0 Å². The lowest BCUT2D eigenvalue weighted by molar-refractivity contribution is 0.333. The highest BCUT2D eigenvalue weighted by Gasteiger charge is 2.20. The number of benzene rings is 1. The van der Waals surface area contributed by atoms with Crippen LogP contribution in [0.2, 0.25) is 0 Å². The van der Waals surface area contributed by atoms with Crippen LogP contribution >= 0.6 is 0 Å². The maximum absolute atomic E-state index is 5.93. The van der Waals surface area contributed by atoms with E-state index in [4.69, 9.17) is 10.5 Å². The first kappa shape index (κ1) is 13.4. The average Bonchev–Trinajstić information content (AvgIpc) is 2.46. The first-order chi connectivity index (χ1) is 8.85. The van der Waals surface area contributed by atoms with Gasteiger partial charge >= 0.3 is 0 Å². The van der Waals surface area contributed by atoms with Crippen LogP contribution in [0.4, 0.5) is 0 Å². The highest BCUT2D eigenvalue weighted by molar-refractivity contribution is 5.36. The maximum Gasteiger partial charge on any atom is 0.123 e. The minimum absolute atomic E-state index is 0.198. The number of methoxy groups -OCH3 is 1. The van der Waals surface area contributed by atoms with Crippen LogP contribution in [0.25, 0.3) is 0 Å². The van der Waals surface area contributed by atoms with Crippen molar-refractivity contribution in [2.45, 2.75) is 44.2 Å². The van der Waals surface area contributed by atoms with Crippen LogP contribution in [0.15, 0.2) is 24.3 Å². The second-order valence-electron chi connectivity index (χ2n) is 5.03. The van der Waals surface area contributed by atoms with Gasteiger partial charge in [-0.1, -0.05) is 37.5 Å². The van der Waals surface area contributed by atoms with Crippen LogP contribution in [0.1, 0.15) is 43.7 Å². The van der Waals surface area contributed by atoms with Gasteiger partial charge in [0.2, 0.25) is 0 Å². The van der Waals surface area contributed by atoms with Crippen molar-refractivity contribution in [3.63, 3.8) is 0 Å². The van der Waals surface area contributed by atoms with Gasteiger partial charge in [0, 0.05) is 24.2 Å². The molecule has 0 radical (unpaired) electrons. The van der Waals surface area contributed by atoms with Crippen LogP contribution < -0.4 is 15.8 Å². The average molecular weight is 248 g/mol. The van der Waals surface area contributed by atoms with Crippen molar-refractivity contribution in [2.75, 3.05) is 13.7 Å². The molecule has 0 spiro atoms. The first-order valence-corrected chi connectivity index (χ1v) is 6.94. The highest BCUT2D eigenvalue weighted by atomic mass is 16.5. The third-order valence-corrected chi connectivity index (χ3v) is 3.79. The second-order valence-corrected chi connectivity index (χ2v) is 5.03. The lowest BCUT2D eigenvalue weighted by Crippen LogP contribution is -2.38. The van der Waals surface area contributed by atoms with Crippen LogP contribution in [-0.2, 0) is 0 Å². The topological polar surface area (TPSA) is 47.3 Å². The molecule has 100 valence electrons. The molecule has 1 aliphatic carbocycles. The molecule has 1 aliphatic rings. The summed E-state index contributed by atoms with van der Waals surface area (Å²) in [5, 5.41) is 3.69. The predicted molar refractivity (Wildman–Crippen MR) is 74.8 cm³/mol. The summed E-state index contributed by atoms with van der Waals surface area (Å²) in [7, 11) is 1.72. The van der Waals surface area contributed by atoms with E-state index in [2.05, 4.69) is 11.4 Å². The van der Waals surface area contributed by atoms with Gasteiger partial charge in [-0.05, 0) is 18.9 Å². The molecule has 0 saturated heterocycles. The van der Waals surface area contributed by atoms with E-state index in [0.717, 1.165) is 5.75 Å². The van der Waals surface area contributed by atoms with Crippen molar-refractivity contribution in [3.05, 3.63) is 29.8 Å². The van der Waals surface area contributed by atoms with Crippen LogP contribution in [0.5, 0.6) is 5.75 Å². The summed E-state index contributed by atoms with van der Waals surface area (Å²) >= 11 is 0. The standard InChI is InChI=1S/C15H24N2O/c1-18-15-10-6-5-9-13(15)14(11-16)17-12-7-3-2-4-8-12/h5-6,9-10,12,14,17H,2-4,7-8,11,16H2,1H3. The molecule has 0 bridgehead atoms. The molecule has 2 rings (SSSR count). The van der Waals surface area contributed by atoms with Gasteiger partial charge in [0.15, 0.2) is 0 Å². The zero-order chi connectivity index (χ0) is 12.8. The van der Waals surface area contributed by atoms with Gasteiger partial charge in [-0.15, -0.1) is 0 Å². The van der Waals surface area contributed by atoms with Crippen molar-refractivity contribution in [2.24, 2.45) is 5.73 Å². The molecule has 0 amide bonds. The SMILES string of the molecule is COc1ccccc1C(CN)NC1CCCCC1. The van der Waals surface area contributed by atoms with E-state index >= 15 is 0 Å². The number of para-hydroxylation sites is 1. The van der Waals surface area contributed by atoms with E-state index in [0.29, 0.717) is 12.6 Å². The smallest absolute Gasteiger partial charge is 0.123 e. The molecule has 1 atom stereocenters. The van der Waals surface area contributed by atoms with Gasteiger partial charge in [0.05, 0.1) is 7.11 Å². The Bertz CT molecular complexity index is 361. The van der Waals surface area contributed by atoms with E-state index in [1.807, 2.05) is 18.2 Å². The quantitative estimate of drug-likeness (QED) is 0.842. The van der Waals surface area contributed by atoms with Gasteiger partial charge in [-0.2, -0.15) is 0 Å². The zero-order valence-corrected chi connectivity index (χ0v) is 11.2. The summed E-state index contributed by atoms with van der Waals surface area (Å²) < 4.78 is 5.42. The van der Waals surface area contributed by atoms with E-state index in [9.17, 15) is 0 Å². The number of rotatable bonds is 5. The molecule has 0 aliphatic heterocycles. The number of nitrogens with two attached hydrogens (primary N) is 1. The van der Waals surface area contributed by atoms with E-state index in [1.165, 1.54) is 37.7 Å². The molecule has 0 aromatic heterocycles. The van der Waals surface area contributed by atoms with Gasteiger partial charge in [-0.25, -0.2) is 0 Å². The molecule has 18 heavy (non-hydrogen) atoms. The number of nitrogens with one attached hydrogen (secondary N) is 1. The third-order valence-electron chi connectivity index (χ3n) is 3.79. The summed E-state index contributed by atoms with van der Waals surface area (Å²) in [6.45, 7) is 0.608. The summed E-state index contributed by atoms with van der Waals surface area (Å²) in [5.74, 6) is 0.927. The fraction of sp³-hybridized carbons (Fsp3) is 0.600. The van der Waals surface area contributed by atoms with Gasteiger partial charge < -0.3 is 15.8 Å². The molecule has 1 aromatic rings. The Morgan fingerprint density at radius 1 is 1.28 bits per heavy atom. The predicted octanol–water partition coefficient (Wildman–Crippen LogP) is 2.62. The number of hydrogen-bond acceptors (Lipinski definition) is 3. The van der Waals surface area contributed by atoms with E-state index < -0.39 is 0 Å². The van der Waals surface area contributed by atoms with Crippen LogP contribution in [-0.4, -0.2) is 19.7 Å². The molecule has 3 nitrogen and oxygen atoms in total. The summed E-state index contributed by atoms with van der Waals surface area (Å²) in [6, 6.07) is 8.95. The molecular weight excluding hydrogens is 224 g/mol. The summed E-state index contributed by atoms with van der Waals surface area (Å²) in [4.78, 5) is 0. The molecule has 3 heteroatoms. The lowest BCUT2D eigenvalue weighted by Gasteiger charge is -2.28. The molecule has 1 saturated carbocycles. The fourth-order valence-corrected chi connectivity index (χ4v) is 2.79. The van der Waals surface area contributed by atoms with Crippen molar-refractivity contribution in [1.82, 2.24) is 5.32 Å². The first-order valence-electron chi connectivity index (χ1n) is 6.94. The summed E-state index contributed by atoms with van der Waals surface area (Å²) in [6.07, 6.45) is 6.58. The maximum atomic E-state index is 5.93. The second kappa shape index (κ2) is 6.76. The zero-order valence-electron chi connectivity index (χ0n) is 11.2. The van der Waals surface area contributed by atoms with Crippen molar-refractivity contribution < 1.29 is 4.74 Å². The molecule has 1 aromatic carbocycles. The van der Waals surface area contributed by atoms with Crippen LogP contribution in [0.3, 0.4) is 0 Å². The number of ether oxygens (including phenoxy) is 1. The lowest BCUT2D eigenvalue weighted by atomic mass is 9.94. The van der Waals surface area contributed by atoms with Crippen molar-refractivity contribution in [3.8, 4) is 5.75 Å². The van der Waals surface area contributed by atoms with Crippen molar-refractivity contribution in [1.29, 1.82) is 0 Å². The molecular formula is C15H24N2O. The molecule has 3 N–H and O–H groups in total. The number of hydrogen-bond donors (Lipinski definition) is 2. The molecule has 1 fully saturated rings. The van der Waals surface area contributed by atoms with Gasteiger partial charge in [0.25, 0.3) is 0 Å². The Labute approximate surface area is 110 Å². The van der Waals surface area contributed by atoms with E-state index in [1.54, 1.807) is 7.11 Å². The minimum Gasteiger partial charge on any atom is -0.496 e. The molecule has 0 heterocycles. The van der Waals surface area contributed by atoms with E-state index in [-0.39, 0.29) is 6.04 Å². The monoisotopic (exact) mass is 248 g/mol. The Hall–Kier alpha value is -1.06. The Morgan fingerprint density at radius 2 is 2.00 bits per heavy atom. The van der Waals surface area contributed by atoms with Crippen molar-refractivity contribution >= 4 is 0 Å². The Kier molecular flexibility index (Phi) is 5.02. The Balaban J connectivity index is 2.07.